The molecular weight excluding hydrogens is 375 g/mol. The number of amides is 1. The average Bonchev–Trinajstić information content (AvgIpc) is 3.20. The molecule has 0 bridgehead atoms. The SMILES string of the molecule is CC(=O)N1CCC(Nc2ncc(F)c(-c3cnc(C4CCOC(C)C4)[nH]3)n2)CC1. The third kappa shape index (κ3) is 4.55. The van der Waals surface area contributed by atoms with Gasteiger partial charge in [0.15, 0.2) is 5.82 Å². The molecule has 2 aliphatic heterocycles. The number of rotatable bonds is 4. The molecule has 0 spiro atoms. The Bertz CT molecular complexity index is 864. The van der Waals surface area contributed by atoms with Crippen molar-refractivity contribution >= 4 is 11.9 Å². The number of ether oxygens (including phenoxy) is 1. The van der Waals surface area contributed by atoms with Crippen molar-refractivity contribution in [3.63, 3.8) is 0 Å². The molecule has 2 saturated heterocycles. The van der Waals surface area contributed by atoms with E-state index in [0.717, 1.165) is 31.5 Å². The lowest BCUT2D eigenvalue weighted by Crippen LogP contribution is -2.41. The number of anilines is 1. The molecule has 29 heavy (non-hydrogen) atoms. The van der Waals surface area contributed by atoms with Gasteiger partial charge in [-0.2, -0.15) is 0 Å². The molecular formula is C20H27FN6O2. The summed E-state index contributed by atoms with van der Waals surface area (Å²) in [7, 11) is 0. The van der Waals surface area contributed by atoms with Crippen molar-refractivity contribution in [2.24, 2.45) is 0 Å². The predicted octanol–water partition coefficient (Wildman–Crippen LogP) is 2.71. The highest BCUT2D eigenvalue weighted by Gasteiger charge is 2.25. The molecule has 9 heteroatoms. The Morgan fingerprint density at radius 2 is 2.07 bits per heavy atom. The van der Waals surface area contributed by atoms with Crippen LogP contribution >= 0.6 is 0 Å². The number of hydrogen-bond donors (Lipinski definition) is 2. The smallest absolute Gasteiger partial charge is 0.223 e. The topological polar surface area (TPSA) is 96.0 Å². The standard InChI is InChI=1S/C20H27FN6O2/c1-12-9-14(5-8-29-12)19-22-11-17(25-19)18-16(21)10-23-20(26-18)24-15-3-6-27(7-4-15)13(2)28/h10-12,14-15H,3-9H2,1-2H3,(H,22,25)(H,23,24,26). The molecule has 8 nitrogen and oxygen atoms in total. The summed E-state index contributed by atoms with van der Waals surface area (Å²) in [5, 5.41) is 3.28. The maximum Gasteiger partial charge on any atom is 0.223 e. The first-order valence-electron chi connectivity index (χ1n) is 10.2. The number of nitrogens with zero attached hydrogens (tertiary/aromatic N) is 4. The summed E-state index contributed by atoms with van der Waals surface area (Å²) in [5.41, 5.74) is 0.760. The molecule has 0 saturated carbocycles. The van der Waals surface area contributed by atoms with Crippen molar-refractivity contribution in [1.29, 1.82) is 0 Å². The summed E-state index contributed by atoms with van der Waals surface area (Å²) >= 11 is 0. The van der Waals surface area contributed by atoms with E-state index in [1.54, 1.807) is 13.1 Å². The zero-order chi connectivity index (χ0) is 20.4. The maximum atomic E-state index is 14.4. The Morgan fingerprint density at radius 3 is 2.79 bits per heavy atom. The van der Waals surface area contributed by atoms with Crippen LogP contribution < -0.4 is 5.32 Å². The predicted molar refractivity (Wildman–Crippen MR) is 106 cm³/mol. The van der Waals surface area contributed by atoms with Gasteiger partial charge >= 0.3 is 0 Å². The van der Waals surface area contributed by atoms with Gasteiger partial charge in [0.25, 0.3) is 0 Å². The number of aromatic amines is 1. The number of halogens is 1. The summed E-state index contributed by atoms with van der Waals surface area (Å²) in [6, 6.07) is 0.157. The van der Waals surface area contributed by atoms with E-state index in [0.29, 0.717) is 31.3 Å². The van der Waals surface area contributed by atoms with Crippen LogP contribution in [-0.4, -0.2) is 62.6 Å². The molecule has 2 aromatic heterocycles. The second-order valence-electron chi connectivity index (χ2n) is 7.90. The Labute approximate surface area is 169 Å². The summed E-state index contributed by atoms with van der Waals surface area (Å²) in [4.78, 5) is 29.5. The summed E-state index contributed by atoms with van der Waals surface area (Å²) in [6.45, 7) is 5.75. The third-order valence-electron chi connectivity index (χ3n) is 5.74. The molecule has 4 rings (SSSR count). The molecule has 2 atom stereocenters. The normalized spacial score (nSPS) is 23.2. The lowest BCUT2D eigenvalue weighted by Gasteiger charge is -2.31. The van der Waals surface area contributed by atoms with Crippen LogP contribution in [0.2, 0.25) is 0 Å². The lowest BCUT2D eigenvalue weighted by molar-refractivity contribution is -0.129. The van der Waals surface area contributed by atoms with Gasteiger partial charge in [-0.25, -0.2) is 19.3 Å². The van der Waals surface area contributed by atoms with Crippen molar-refractivity contribution in [3.05, 3.63) is 24.0 Å². The van der Waals surface area contributed by atoms with Gasteiger partial charge in [-0.15, -0.1) is 0 Å². The Morgan fingerprint density at radius 1 is 1.28 bits per heavy atom. The number of carbonyl (C=O) groups is 1. The van der Waals surface area contributed by atoms with Gasteiger partial charge < -0.3 is 19.9 Å². The van der Waals surface area contributed by atoms with Gasteiger partial charge in [0.05, 0.1) is 24.2 Å². The number of piperidine rings is 1. The second kappa shape index (κ2) is 8.44. The van der Waals surface area contributed by atoms with Crippen LogP contribution in [-0.2, 0) is 9.53 Å². The number of aromatic nitrogens is 4. The fraction of sp³-hybridized carbons (Fsp3) is 0.600. The number of hydrogen-bond acceptors (Lipinski definition) is 6. The lowest BCUT2D eigenvalue weighted by atomic mass is 9.96. The highest BCUT2D eigenvalue weighted by atomic mass is 19.1. The fourth-order valence-electron chi connectivity index (χ4n) is 4.06. The monoisotopic (exact) mass is 402 g/mol. The quantitative estimate of drug-likeness (QED) is 0.816. The van der Waals surface area contributed by atoms with Crippen LogP contribution in [0.1, 0.15) is 51.3 Å². The van der Waals surface area contributed by atoms with Crippen LogP contribution in [0.5, 0.6) is 0 Å². The van der Waals surface area contributed by atoms with Gasteiger partial charge in [0.2, 0.25) is 11.9 Å². The van der Waals surface area contributed by atoms with Crippen LogP contribution in [0.4, 0.5) is 10.3 Å². The average molecular weight is 402 g/mol. The molecule has 2 fully saturated rings. The Kier molecular flexibility index (Phi) is 5.75. The molecule has 0 aliphatic carbocycles. The molecule has 1 amide bonds. The molecule has 4 heterocycles. The molecule has 0 aromatic carbocycles. The minimum absolute atomic E-state index is 0.0951. The molecule has 2 unspecified atom stereocenters. The zero-order valence-corrected chi connectivity index (χ0v) is 16.8. The van der Waals surface area contributed by atoms with E-state index < -0.39 is 5.82 Å². The van der Waals surface area contributed by atoms with E-state index >= 15 is 0 Å². The Hall–Kier alpha value is -2.55. The van der Waals surface area contributed by atoms with Crippen molar-refractivity contribution in [3.8, 4) is 11.4 Å². The first kappa shape index (κ1) is 19.8. The summed E-state index contributed by atoms with van der Waals surface area (Å²) < 4.78 is 20.0. The van der Waals surface area contributed by atoms with Gasteiger partial charge in [-0.3, -0.25) is 4.79 Å². The van der Waals surface area contributed by atoms with Gasteiger partial charge in [-0.05, 0) is 32.6 Å². The highest BCUT2D eigenvalue weighted by molar-refractivity contribution is 5.73. The largest absolute Gasteiger partial charge is 0.378 e. The molecule has 0 radical (unpaired) electrons. The van der Waals surface area contributed by atoms with E-state index in [1.807, 2.05) is 4.90 Å². The number of carbonyl (C=O) groups excluding carboxylic acids is 1. The molecule has 2 N–H and O–H groups in total. The van der Waals surface area contributed by atoms with Crippen LogP contribution in [0.15, 0.2) is 12.4 Å². The molecule has 2 aromatic rings. The van der Waals surface area contributed by atoms with E-state index in [4.69, 9.17) is 4.74 Å². The van der Waals surface area contributed by atoms with E-state index in [9.17, 15) is 9.18 Å². The van der Waals surface area contributed by atoms with Crippen LogP contribution in [0.25, 0.3) is 11.4 Å². The number of likely N-dealkylation sites (tertiary alicyclic amines) is 1. The van der Waals surface area contributed by atoms with Crippen molar-refractivity contribution in [2.45, 2.75) is 57.6 Å². The van der Waals surface area contributed by atoms with E-state index in [2.05, 4.69) is 32.2 Å². The number of H-pyrrole nitrogens is 1. The number of nitrogens with one attached hydrogen (secondary N) is 2. The zero-order valence-electron chi connectivity index (χ0n) is 16.8. The fourth-order valence-corrected chi connectivity index (χ4v) is 4.06. The Balaban J connectivity index is 1.46. The van der Waals surface area contributed by atoms with Gasteiger partial charge in [0.1, 0.15) is 11.5 Å². The second-order valence-corrected chi connectivity index (χ2v) is 7.90. The van der Waals surface area contributed by atoms with E-state index in [1.165, 1.54) is 6.20 Å². The first-order valence-corrected chi connectivity index (χ1v) is 10.2. The first-order chi connectivity index (χ1) is 14.0. The van der Waals surface area contributed by atoms with Gasteiger partial charge in [-0.1, -0.05) is 0 Å². The minimum atomic E-state index is -0.488. The van der Waals surface area contributed by atoms with Crippen LogP contribution in [0.3, 0.4) is 0 Å². The van der Waals surface area contributed by atoms with Crippen molar-refractivity contribution < 1.29 is 13.9 Å². The summed E-state index contributed by atoms with van der Waals surface area (Å²) in [6.07, 6.45) is 6.43. The van der Waals surface area contributed by atoms with E-state index in [-0.39, 0.29) is 29.7 Å². The van der Waals surface area contributed by atoms with Crippen molar-refractivity contribution in [2.75, 3.05) is 25.0 Å². The molecule has 156 valence electrons. The number of imidazole rings is 1. The summed E-state index contributed by atoms with van der Waals surface area (Å²) in [5.74, 6) is 1.12. The molecule has 2 aliphatic rings. The maximum absolute atomic E-state index is 14.4. The third-order valence-corrected chi connectivity index (χ3v) is 5.74. The van der Waals surface area contributed by atoms with Crippen LogP contribution in [0, 0.1) is 5.82 Å². The highest BCUT2D eigenvalue weighted by Crippen LogP contribution is 2.30. The van der Waals surface area contributed by atoms with Gasteiger partial charge in [0, 0.05) is 38.6 Å². The van der Waals surface area contributed by atoms with Crippen molar-refractivity contribution in [1.82, 2.24) is 24.8 Å². The minimum Gasteiger partial charge on any atom is -0.378 e.